The Kier molecular flexibility index (Phi) is 4.49. The van der Waals surface area contributed by atoms with Crippen molar-refractivity contribution in [3.05, 3.63) is 22.4 Å². The summed E-state index contributed by atoms with van der Waals surface area (Å²) in [4.78, 5) is 22.8. The number of hydrogen-bond donors (Lipinski definition) is 2. The van der Waals surface area contributed by atoms with Crippen LogP contribution in [0.2, 0.25) is 0 Å². The molecule has 0 aliphatic heterocycles. The van der Waals surface area contributed by atoms with E-state index < -0.39 is 18.3 Å². The van der Waals surface area contributed by atoms with Gasteiger partial charge < -0.3 is 10.4 Å². The van der Waals surface area contributed by atoms with E-state index in [1.54, 1.807) is 11.3 Å². The van der Waals surface area contributed by atoms with Crippen LogP contribution in [0.4, 0.5) is 0 Å². The van der Waals surface area contributed by atoms with Crippen LogP contribution in [0.5, 0.6) is 0 Å². The molecule has 0 saturated carbocycles. The van der Waals surface area contributed by atoms with Crippen molar-refractivity contribution < 1.29 is 14.7 Å². The SMILES string of the molecule is CC(C)C(NC(=O)CC(=O)O)c1cccs1. The number of aliphatic carboxylic acids is 1. The molecule has 16 heavy (non-hydrogen) atoms. The lowest BCUT2D eigenvalue weighted by molar-refractivity contribution is -0.141. The quantitative estimate of drug-likeness (QED) is 0.775. The van der Waals surface area contributed by atoms with Crippen LogP contribution in [-0.4, -0.2) is 17.0 Å². The van der Waals surface area contributed by atoms with E-state index in [4.69, 9.17) is 5.11 Å². The summed E-state index contributed by atoms with van der Waals surface area (Å²) in [6.07, 6.45) is -0.478. The fraction of sp³-hybridized carbons (Fsp3) is 0.455. The van der Waals surface area contributed by atoms with Gasteiger partial charge in [0.1, 0.15) is 6.42 Å². The van der Waals surface area contributed by atoms with Gasteiger partial charge in [0, 0.05) is 4.88 Å². The molecule has 5 heteroatoms. The summed E-state index contributed by atoms with van der Waals surface area (Å²) >= 11 is 1.56. The molecule has 1 atom stereocenters. The van der Waals surface area contributed by atoms with E-state index in [1.807, 2.05) is 31.4 Å². The Hall–Kier alpha value is -1.36. The first-order valence-electron chi connectivity index (χ1n) is 5.05. The minimum atomic E-state index is -1.11. The van der Waals surface area contributed by atoms with Gasteiger partial charge in [0.25, 0.3) is 0 Å². The zero-order valence-corrected chi connectivity index (χ0v) is 10.1. The number of carbonyl (C=O) groups excluding carboxylic acids is 1. The molecule has 0 aliphatic rings. The van der Waals surface area contributed by atoms with Crippen molar-refractivity contribution in [2.75, 3.05) is 0 Å². The Labute approximate surface area is 98.3 Å². The van der Waals surface area contributed by atoms with Gasteiger partial charge in [0.15, 0.2) is 0 Å². The normalized spacial score (nSPS) is 12.4. The predicted octanol–water partition coefficient (Wildman–Crippen LogP) is 2.04. The molecule has 4 nitrogen and oxygen atoms in total. The number of hydrogen-bond acceptors (Lipinski definition) is 3. The molecule has 2 N–H and O–H groups in total. The number of carbonyl (C=O) groups is 2. The van der Waals surface area contributed by atoms with E-state index in [0.29, 0.717) is 0 Å². The monoisotopic (exact) mass is 241 g/mol. The lowest BCUT2D eigenvalue weighted by Crippen LogP contribution is -2.32. The van der Waals surface area contributed by atoms with Gasteiger partial charge in [-0.15, -0.1) is 11.3 Å². The van der Waals surface area contributed by atoms with Crippen molar-refractivity contribution >= 4 is 23.2 Å². The highest BCUT2D eigenvalue weighted by molar-refractivity contribution is 7.10. The van der Waals surface area contributed by atoms with Gasteiger partial charge in [0.05, 0.1) is 6.04 Å². The number of carboxylic acids is 1. The number of thiophene rings is 1. The van der Waals surface area contributed by atoms with Gasteiger partial charge in [-0.05, 0) is 17.4 Å². The van der Waals surface area contributed by atoms with Crippen LogP contribution < -0.4 is 5.32 Å². The van der Waals surface area contributed by atoms with E-state index in [-0.39, 0.29) is 12.0 Å². The molecule has 1 unspecified atom stereocenters. The third kappa shape index (κ3) is 3.66. The molecular weight excluding hydrogens is 226 g/mol. The van der Waals surface area contributed by atoms with Crippen LogP contribution in [0.3, 0.4) is 0 Å². The number of rotatable bonds is 5. The van der Waals surface area contributed by atoms with Crippen LogP contribution in [0.1, 0.15) is 31.2 Å². The molecule has 1 aromatic heterocycles. The van der Waals surface area contributed by atoms with Crippen LogP contribution in [0.15, 0.2) is 17.5 Å². The summed E-state index contributed by atoms with van der Waals surface area (Å²) in [7, 11) is 0. The van der Waals surface area contributed by atoms with Crippen LogP contribution in [0, 0.1) is 5.92 Å². The highest BCUT2D eigenvalue weighted by Gasteiger charge is 2.20. The second-order valence-electron chi connectivity index (χ2n) is 3.88. The molecule has 0 bridgehead atoms. The smallest absolute Gasteiger partial charge is 0.312 e. The van der Waals surface area contributed by atoms with Crippen LogP contribution >= 0.6 is 11.3 Å². The van der Waals surface area contributed by atoms with Crippen molar-refractivity contribution in [1.82, 2.24) is 5.32 Å². The Balaban J connectivity index is 2.66. The first-order chi connectivity index (χ1) is 7.50. The van der Waals surface area contributed by atoms with Crippen molar-refractivity contribution in [3.8, 4) is 0 Å². The van der Waals surface area contributed by atoms with Gasteiger partial charge in [-0.1, -0.05) is 19.9 Å². The number of carboxylic acid groups (broad SMARTS) is 1. The summed E-state index contributed by atoms with van der Waals surface area (Å²) in [6, 6.07) is 3.75. The summed E-state index contributed by atoms with van der Waals surface area (Å²) in [5.74, 6) is -1.32. The van der Waals surface area contributed by atoms with Crippen molar-refractivity contribution in [2.24, 2.45) is 5.92 Å². The highest BCUT2D eigenvalue weighted by Crippen LogP contribution is 2.25. The zero-order valence-electron chi connectivity index (χ0n) is 9.27. The maximum absolute atomic E-state index is 11.4. The van der Waals surface area contributed by atoms with Gasteiger partial charge in [-0.2, -0.15) is 0 Å². The molecule has 0 fully saturated rings. The molecule has 0 aromatic carbocycles. The molecule has 0 aliphatic carbocycles. The van der Waals surface area contributed by atoms with Gasteiger partial charge in [-0.25, -0.2) is 0 Å². The second-order valence-corrected chi connectivity index (χ2v) is 4.85. The lowest BCUT2D eigenvalue weighted by atomic mass is 10.0. The fourth-order valence-electron chi connectivity index (χ4n) is 1.40. The minimum absolute atomic E-state index is 0.105. The number of nitrogens with one attached hydrogen (secondary N) is 1. The Morgan fingerprint density at radius 1 is 1.50 bits per heavy atom. The molecule has 1 heterocycles. The average molecular weight is 241 g/mol. The third-order valence-corrected chi connectivity index (χ3v) is 3.10. The maximum atomic E-state index is 11.4. The van der Waals surface area contributed by atoms with Crippen LogP contribution in [-0.2, 0) is 9.59 Å². The average Bonchev–Trinajstić information content (AvgIpc) is 2.64. The van der Waals surface area contributed by atoms with E-state index in [9.17, 15) is 9.59 Å². The van der Waals surface area contributed by atoms with E-state index in [1.165, 1.54) is 0 Å². The molecule has 1 rings (SSSR count). The molecule has 0 spiro atoms. The molecule has 88 valence electrons. The minimum Gasteiger partial charge on any atom is -0.481 e. The zero-order chi connectivity index (χ0) is 12.1. The van der Waals surface area contributed by atoms with Gasteiger partial charge in [0.2, 0.25) is 5.91 Å². The molecule has 1 amide bonds. The first-order valence-corrected chi connectivity index (χ1v) is 5.93. The molecule has 0 radical (unpaired) electrons. The molecular formula is C11H15NO3S. The Morgan fingerprint density at radius 3 is 2.62 bits per heavy atom. The first kappa shape index (κ1) is 12.7. The molecule has 1 aromatic rings. The Bertz CT molecular complexity index is 359. The second kappa shape index (κ2) is 5.65. The van der Waals surface area contributed by atoms with Gasteiger partial charge >= 0.3 is 5.97 Å². The van der Waals surface area contributed by atoms with Crippen molar-refractivity contribution in [2.45, 2.75) is 26.3 Å². The largest absolute Gasteiger partial charge is 0.481 e. The maximum Gasteiger partial charge on any atom is 0.312 e. The lowest BCUT2D eigenvalue weighted by Gasteiger charge is -2.20. The third-order valence-electron chi connectivity index (χ3n) is 2.14. The van der Waals surface area contributed by atoms with E-state index >= 15 is 0 Å². The predicted molar refractivity (Wildman–Crippen MR) is 62.3 cm³/mol. The Morgan fingerprint density at radius 2 is 2.19 bits per heavy atom. The fourth-order valence-corrected chi connectivity index (χ4v) is 2.35. The van der Waals surface area contributed by atoms with E-state index in [0.717, 1.165) is 4.88 Å². The number of amides is 1. The molecule has 0 saturated heterocycles. The summed E-state index contributed by atoms with van der Waals surface area (Å²) < 4.78 is 0. The topological polar surface area (TPSA) is 66.4 Å². The summed E-state index contributed by atoms with van der Waals surface area (Å²) in [5, 5.41) is 13.2. The van der Waals surface area contributed by atoms with Crippen LogP contribution in [0.25, 0.3) is 0 Å². The summed E-state index contributed by atoms with van der Waals surface area (Å²) in [6.45, 7) is 3.98. The highest BCUT2D eigenvalue weighted by atomic mass is 32.1. The summed E-state index contributed by atoms with van der Waals surface area (Å²) in [5.41, 5.74) is 0. The van der Waals surface area contributed by atoms with E-state index in [2.05, 4.69) is 5.32 Å². The van der Waals surface area contributed by atoms with Gasteiger partial charge in [-0.3, -0.25) is 9.59 Å². The standard InChI is InChI=1S/C11H15NO3S/c1-7(2)11(8-4-3-5-16-8)12-9(13)6-10(14)15/h3-5,7,11H,6H2,1-2H3,(H,12,13)(H,14,15). The van der Waals surface area contributed by atoms with Crippen molar-refractivity contribution in [1.29, 1.82) is 0 Å². The van der Waals surface area contributed by atoms with Crippen molar-refractivity contribution in [3.63, 3.8) is 0 Å².